The van der Waals surface area contributed by atoms with Crippen molar-refractivity contribution in [1.82, 2.24) is 4.31 Å². The largest absolute Gasteiger partial charge is 0.245 e. The van der Waals surface area contributed by atoms with Gasteiger partial charge in [0.25, 0.3) is 0 Å². The maximum Gasteiger partial charge on any atom is 0.245 e. The minimum atomic E-state index is -3.67. The number of nitrogens with zero attached hydrogens (tertiary/aromatic N) is 1. The molecule has 0 radical (unpaired) electrons. The summed E-state index contributed by atoms with van der Waals surface area (Å²) in [5, 5.41) is 0.536. The van der Waals surface area contributed by atoms with Gasteiger partial charge in [0.15, 0.2) is 0 Å². The molecule has 114 valence electrons. The maximum absolute atomic E-state index is 12.7. The minimum Gasteiger partial charge on any atom is -0.207 e. The normalized spacial score (nSPS) is 12.0. The van der Waals surface area contributed by atoms with Gasteiger partial charge in [-0.2, -0.15) is 4.31 Å². The Morgan fingerprint density at radius 3 is 2.38 bits per heavy atom. The average molecular weight is 429 g/mol. The van der Waals surface area contributed by atoms with Crippen molar-refractivity contribution in [2.24, 2.45) is 0 Å². The van der Waals surface area contributed by atoms with Gasteiger partial charge in [0.1, 0.15) is 9.23 Å². The molecule has 0 unspecified atom stereocenters. The van der Waals surface area contributed by atoms with Gasteiger partial charge in [-0.3, -0.25) is 0 Å². The number of sulfonamides is 1. The number of thiophene rings is 1. The fraction of sp³-hybridized carbons (Fsp3) is 0.231. The Morgan fingerprint density at radius 2 is 1.86 bits per heavy atom. The van der Waals surface area contributed by atoms with E-state index in [-0.39, 0.29) is 9.23 Å². The third-order valence-electron chi connectivity index (χ3n) is 2.78. The molecule has 0 amide bonds. The molecule has 0 N–H and O–H groups in total. The molecule has 0 aliphatic carbocycles. The van der Waals surface area contributed by atoms with Crippen molar-refractivity contribution in [1.29, 1.82) is 0 Å². The standard InChI is InChI=1S/C13H12BrCl2NO2S2/c14-6-7-17(9-10-4-2-1-3-5-10)21(18,19)11-8-12(15)20-13(11)16/h1-5,8H,6-7,9H2. The lowest BCUT2D eigenvalue weighted by atomic mass is 10.2. The quantitative estimate of drug-likeness (QED) is 0.628. The molecule has 0 aliphatic rings. The average Bonchev–Trinajstić information content (AvgIpc) is 2.79. The number of hydrogen-bond acceptors (Lipinski definition) is 3. The molecule has 0 aliphatic heterocycles. The van der Waals surface area contributed by atoms with Crippen molar-refractivity contribution in [3.8, 4) is 0 Å². The summed E-state index contributed by atoms with van der Waals surface area (Å²) in [7, 11) is -3.67. The van der Waals surface area contributed by atoms with Crippen LogP contribution in [-0.2, 0) is 16.6 Å². The highest BCUT2D eigenvalue weighted by Crippen LogP contribution is 2.36. The third-order valence-corrected chi connectivity index (χ3v) is 6.73. The van der Waals surface area contributed by atoms with E-state index in [9.17, 15) is 8.42 Å². The van der Waals surface area contributed by atoms with Gasteiger partial charge in [-0.25, -0.2) is 8.42 Å². The molecule has 0 atom stereocenters. The van der Waals surface area contributed by atoms with Crippen molar-refractivity contribution < 1.29 is 8.42 Å². The summed E-state index contributed by atoms with van der Waals surface area (Å²) in [4.78, 5) is 0.0658. The molecular weight excluding hydrogens is 417 g/mol. The van der Waals surface area contributed by atoms with Crippen molar-refractivity contribution >= 4 is 60.5 Å². The molecule has 1 heterocycles. The number of alkyl halides is 1. The number of halogens is 3. The third kappa shape index (κ3) is 4.21. The van der Waals surface area contributed by atoms with Gasteiger partial charge in [0.2, 0.25) is 10.0 Å². The fourth-order valence-corrected chi connectivity index (χ4v) is 6.01. The van der Waals surface area contributed by atoms with Crippen LogP contribution in [0.1, 0.15) is 5.56 Å². The lowest BCUT2D eigenvalue weighted by Crippen LogP contribution is -2.32. The van der Waals surface area contributed by atoms with Crippen LogP contribution in [0.4, 0.5) is 0 Å². The van der Waals surface area contributed by atoms with Crippen molar-refractivity contribution in [3.63, 3.8) is 0 Å². The zero-order valence-corrected chi connectivity index (χ0v) is 15.5. The van der Waals surface area contributed by atoms with E-state index < -0.39 is 10.0 Å². The van der Waals surface area contributed by atoms with Crippen LogP contribution in [-0.4, -0.2) is 24.6 Å². The molecule has 0 saturated heterocycles. The van der Waals surface area contributed by atoms with E-state index in [1.54, 1.807) is 0 Å². The van der Waals surface area contributed by atoms with Crippen LogP contribution in [0.25, 0.3) is 0 Å². The zero-order valence-electron chi connectivity index (χ0n) is 10.8. The molecule has 0 spiro atoms. The first-order chi connectivity index (χ1) is 9.95. The topological polar surface area (TPSA) is 37.4 Å². The summed E-state index contributed by atoms with van der Waals surface area (Å²) in [6.45, 7) is 0.638. The molecule has 0 bridgehead atoms. The van der Waals surface area contributed by atoms with E-state index in [1.807, 2.05) is 30.3 Å². The Kier molecular flexibility index (Phi) is 6.11. The lowest BCUT2D eigenvalue weighted by molar-refractivity contribution is 0.427. The van der Waals surface area contributed by atoms with Crippen LogP contribution in [0, 0.1) is 0 Å². The first kappa shape index (κ1) is 17.2. The van der Waals surface area contributed by atoms with Gasteiger partial charge in [0.05, 0.1) is 4.34 Å². The Bertz CT molecular complexity index is 704. The molecular formula is C13H12BrCl2NO2S2. The van der Waals surface area contributed by atoms with Crippen molar-refractivity contribution in [2.75, 3.05) is 11.9 Å². The van der Waals surface area contributed by atoms with Crippen LogP contribution in [0.3, 0.4) is 0 Å². The predicted molar refractivity (Wildman–Crippen MR) is 92.2 cm³/mol. The van der Waals surface area contributed by atoms with Gasteiger partial charge < -0.3 is 0 Å². The number of hydrogen-bond donors (Lipinski definition) is 0. The summed E-state index contributed by atoms with van der Waals surface area (Å²) < 4.78 is 27.4. The minimum absolute atomic E-state index is 0.0658. The van der Waals surface area contributed by atoms with E-state index in [1.165, 1.54) is 10.4 Å². The monoisotopic (exact) mass is 427 g/mol. The highest BCUT2D eigenvalue weighted by atomic mass is 79.9. The van der Waals surface area contributed by atoms with Gasteiger partial charge in [-0.15, -0.1) is 11.3 Å². The van der Waals surface area contributed by atoms with E-state index >= 15 is 0 Å². The summed E-state index contributed by atoms with van der Waals surface area (Å²) in [6, 6.07) is 10.8. The first-order valence-electron chi connectivity index (χ1n) is 6.00. The van der Waals surface area contributed by atoms with Crippen LogP contribution in [0.15, 0.2) is 41.3 Å². The first-order valence-corrected chi connectivity index (χ1v) is 10.1. The molecule has 21 heavy (non-hydrogen) atoms. The molecule has 2 rings (SSSR count). The van der Waals surface area contributed by atoms with Gasteiger partial charge in [-0.05, 0) is 11.6 Å². The Hall–Kier alpha value is -0.110. The summed E-state index contributed by atoms with van der Waals surface area (Å²) in [6.07, 6.45) is 0. The van der Waals surface area contributed by atoms with E-state index in [0.717, 1.165) is 16.9 Å². The van der Waals surface area contributed by atoms with Crippen molar-refractivity contribution in [3.05, 3.63) is 50.6 Å². The fourth-order valence-electron chi connectivity index (χ4n) is 1.81. The van der Waals surface area contributed by atoms with Crippen LogP contribution >= 0.6 is 50.5 Å². The van der Waals surface area contributed by atoms with Crippen molar-refractivity contribution in [2.45, 2.75) is 11.4 Å². The number of benzene rings is 1. The van der Waals surface area contributed by atoms with E-state index in [0.29, 0.717) is 22.8 Å². The predicted octanol–water partition coefficient (Wildman–Crippen LogP) is 4.64. The SMILES string of the molecule is O=S(=O)(c1cc(Cl)sc1Cl)N(CCBr)Cc1ccccc1. The second-order valence-electron chi connectivity index (χ2n) is 4.20. The Morgan fingerprint density at radius 1 is 1.19 bits per heavy atom. The maximum atomic E-state index is 12.7. The van der Waals surface area contributed by atoms with E-state index in [2.05, 4.69) is 15.9 Å². The molecule has 3 nitrogen and oxygen atoms in total. The second kappa shape index (κ2) is 7.44. The van der Waals surface area contributed by atoms with Gasteiger partial charge in [-0.1, -0.05) is 69.5 Å². The molecule has 1 aromatic heterocycles. The highest BCUT2D eigenvalue weighted by molar-refractivity contribution is 9.09. The summed E-state index contributed by atoms with van der Waals surface area (Å²) in [5.74, 6) is 0. The Labute approximate surface area is 146 Å². The van der Waals surface area contributed by atoms with Crippen LogP contribution in [0.5, 0.6) is 0 Å². The van der Waals surface area contributed by atoms with Gasteiger partial charge in [0, 0.05) is 18.4 Å². The highest BCUT2D eigenvalue weighted by Gasteiger charge is 2.28. The molecule has 0 saturated carbocycles. The van der Waals surface area contributed by atoms with E-state index in [4.69, 9.17) is 23.2 Å². The lowest BCUT2D eigenvalue weighted by Gasteiger charge is -2.21. The van der Waals surface area contributed by atoms with Crippen LogP contribution in [0.2, 0.25) is 8.67 Å². The van der Waals surface area contributed by atoms with Gasteiger partial charge >= 0.3 is 0 Å². The summed E-state index contributed by atoms with van der Waals surface area (Å²) in [5.41, 5.74) is 0.916. The smallest absolute Gasteiger partial charge is 0.207 e. The Balaban J connectivity index is 2.35. The second-order valence-corrected chi connectivity index (χ2v) is 9.19. The molecule has 2 aromatic rings. The molecule has 0 fully saturated rings. The molecule has 1 aromatic carbocycles. The molecule has 8 heteroatoms. The van der Waals surface area contributed by atoms with Crippen LogP contribution < -0.4 is 0 Å². The summed E-state index contributed by atoms with van der Waals surface area (Å²) >= 11 is 16.2. The zero-order chi connectivity index (χ0) is 15.5. The number of rotatable bonds is 6.